The number of amides is 4. The van der Waals surface area contributed by atoms with Crippen LogP contribution >= 0.6 is 0 Å². The molecule has 4 amide bonds. The number of hydrogen-bond donors (Lipinski definition) is 7. The molecule has 1 heterocycles. The van der Waals surface area contributed by atoms with Crippen LogP contribution in [0.4, 0.5) is 0 Å². The van der Waals surface area contributed by atoms with Crippen LogP contribution in [0, 0.1) is 0 Å². The van der Waals surface area contributed by atoms with Gasteiger partial charge < -0.3 is 42.3 Å². The van der Waals surface area contributed by atoms with Crippen molar-refractivity contribution in [2.75, 3.05) is 6.54 Å². The summed E-state index contributed by atoms with van der Waals surface area (Å²) in [7, 11) is 0. The Bertz CT molecular complexity index is 757. The second-order valence-corrected chi connectivity index (χ2v) is 7.53. The van der Waals surface area contributed by atoms with E-state index in [0.29, 0.717) is 6.42 Å². The first-order valence-electron chi connectivity index (χ1n) is 9.92. The number of carboxylic acids is 2. The molecule has 0 bridgehead atoms. The Labute approximate surface area is 183 Å². The summed E-state index contributed by atoms with van der Waals surface area (Å²) in [4.78, 5) is 71.8. The summed E-state index contributed by atoms with van der Waals surface area (Å²) in [5.74, 6) is -5.98. The fraction of sp³-hybridized carbons (Fsp3) is 0.667. The standard InChI is InChI=1S/C18H29N5O9/c1-8(24)14(22-15(28)9(19)7-12(20)25)17(30)23-6-2-3-11(23)16(29)21-10(18(31)32)4-5-13(26)27/h8-11,14,24H,2-7,19H2,1H3,(H2,20,25)(H,21,29)(H,22,28)(H,26,27)(H,31,32). The molecule has 1 aliphatic heterocycles. The van der Waals surface area contributed by atoms with Crippen LogP contribution in [0.2, 0.25) is 0 Å². The lowest BCUT2D eigenvalue weighted by Gasteiger charge is -2.31. The average molecular weight is 459 g/mol. The van der Waals surface area contributed by atoms with Gasteiger partial charge in [-0.15, -0.1) is 0 Å². The van der Waals surface area contributed by atoms with Crippen LogP contribution in [0.25, 0.3) is 0 Å². The summed E-state index contributed by atoms with van der Waals surface area (Å²) in [5, 5.41) is 32.4. The van der Waals surface area contributed by atoms with Gasteiger partial charge in [-0.05, 0) is 26.2 Å². The Kier molecular flexibility index (Phi) is 10.00. The first-order chi connectivity index (χ1) is 14.8. The number of nitrogens with one attached hydrogen (secondary N) is 2. The molecule has 0 saturated carbocycles. The molecule has 1 aliphatic rings. The number of rotatable bonds is 12. The lowest BCUT2D eigenvalue weighted by molar-refractivity contribution is -0.146. The summed E-state index contributed by atoms with van der Waals surface area (Å²) in [5.41, 5.74) is 10.5. The minimum absolute atomic E-state index is 0.107. The molecule has 5 unspecified atom stereocenters. The molecule has 32 heavy (non-hydrogen) atoms. The Hall–Kier alpha value is -3.26. The highest BCUT2D eigenvalue weighted by molar-refractivity contribution is 5.95. The molecule has 0 aromatic rings. The number of carbonyl (C=O) groups excluding carboxylic acids is 4. The van der Waals surface area contributed by atoms with Gasteiger partial charge in [-0.2, -0.15) is 0 Å². The lowest BCUT2D eigenvalue weighted by atomic mass is 10.1. The molecule has 1 fully saturated rings. The molecule has 1 saturated heterocycles. The summed E-state index contributed by atoms with van der Waals surface area (Å²) in [6.07, 6.45) is -2.08. The number of primary amides is 1. The molecule has 0 aromatic carbocycles. The number of carbonyl (C=O) groups is 6. The zero-order valence-electron chi connectivity index (χ0n) is 17.5. The van der Waals surface area contributed by atoms with Crippen molar-refractivity contribution in [2.24, 2.45) is 11.5 Å². The summed E-state index contributed by atoms with van der Waals surface area (Å²) >= 11 is 0. The molecule has 14 heteroatoms. The van der Waals surface area contributed by atoms with Gasteiger partial charge in [-0.1, -0.05) is 0 Å². The molecule has 180 valence electrons. The van der Waals surface area contributed by atoms with Gasteiger partial charge >= 0.3 is 11.9 Å². The summed E-state index contributed by atoms with van der Waals surface area (Å²) < 4.78 is 0. The molecular weight excluding hydrogens is 430 g/mol. The molecule has 0 aliphatic carbocycles. The fourth-order valence-corrected chi connectivity index (χ4v) is 3.23. The van der Waals surface area contributed by atoms with Gasteiger partial charge in [-0.25, -0.2) is 4.79 Å². The third-order valence-electron chi connectivity index (χ3n) is 4.90. The molecule has 0 radical (unpaired) electrons. The van der Waals surface area contributed by atoms with Crippen LogP contribution < -0.4 is 22.1 Å². The van der Waals surface area contributed by atoms with Crippen molar-refractivity contribution in [2.45, 2.75) is 69.3 Å². The van der Waals surface area contributed by atoms with Crippen LogP contribution in [0.5, 0.6) is 0 Å². The fourth-order valence-electron chi connectivity index (χ4n) is 3.23. The number of carboxylic acid groups (broad SMARTS) is 2. The van der Waals surface area contributed by atoms with Crippen LogP contribution in [-0.2, 0) is 28.8 Å². The van der Waals surface area contributed by atoms with Crippen LogP contribution in [0.3, 0.4) is 0 Å². The van der Waals surface area contributed by atoms with E-state index in [1.165, 1.54) is 6.92 Å². The maximum atomic E-state index is 13.0. The molecule has 9 N–H and O–H groups in total. The first kappa shape index (κ1) is 26.8. The highest BCUT2D eigenvalue weighted by Crippen LogP contribution is 2.20. The number of aliphatic hydroxyl groups is 1. The van der Waals surface area contributed by atoms with Crippen molar-refractivity contribution in [3.63, 3.8) is 0 Å². The molecule has 1 rings (SSSR count). The number of likely N-dealkylation sites (tertiary alicyclic amines) is 1. The van der Waals surface area contributed by atoms with E-state index >= 15 is 0 Å². The zero-order chi connectivity index (χ0) is 24.6. The van der Waals surface area contributed by atoms with E-state index in [9.17, 15) is 39.0 Å². The Morgan fingerprint density at radius 2 is 1.75 bits per heavy atom. The van der Waals surface area contributed by atoms with Crippen molar-refractivity contribution in [3.8, 4) is 0 Å². The molecule has 0 aromatic heterocycles. The second kappa shape index (κ2) is 12.0. The van der Waals surface area contributed by atoms with E-state index in [1.807, 2.05) is 0 Å². The van der Waals surface area contributed by atoms with E-state index in [1.54, 1.807) is 0 Å². The normalized spacial score (nSPS) is 19.3. The molecular formula is C18H29N5O9. The minimum Gasteiger partial charge on any atom is -0.481 e. The van der Waals surface area contributed by atoms with Crippen molar-refractivity contribution in [1.29, 1.82) is 0 Å². The van der Waals surface area contributed by atoms with E-state index in [4.69, 9.17) is 16.6 Å². The first-order valence-corrected chi connectivity index (χ1v) is 9.92. The maximum Gasteiger partial charge on any atom is 0.326 e. The lowest BCUT2D eigenvalue weighted by Crippen LogP contribution is -2.59. The predicted molar refractivity (Wildman–Crippen MR) is 107 cm³/mol. The van der Waals surface area contributed by atoms with Crippen molar-refractivity contribution in [1.82, 2.24) is 15.5 Å². The third kappa shape index (κ3) is 7.77. The van der Waals surface area contributed by atoms with Gasteiger partial charge in [0.1, 0.15) is 18.1 Å². The third-order valence-corrected chi connectivity index (χ3v) is 4.90. The van der Waals surface area contributed by atoms with Crippen LogP contribution in [-0.4, -0.2) is 92.6 Å². The maximum absolute atomic E-state index is 13.0. The van der Waals surface area contributed by atoms with Gasteiger partial charge in [0.05, 0.1) is 18.6 Å². The van der Waals surface area contributed by atoms with E-state index in [-0.39, 0.29) is 19.4 Å². The quantitative estimate of drug-likeness (QED) is 0.152. The summed E-state index contributed by atoms with van der Waals surface area (Å²) in [6, 6.07) is -5.36. The predicted octanol–water partition coefficient (Wildman–Crippen LogP) is -3.52. The molecule has 5 atom stereocenters. The van der Waals surface area contributed by atoms with Crippen LogP contribution in [0.15, 0.2) is 0 Å². The number of hydrogen-bond acceptors (Lipinski definition) is 8. The van der Waals surface area contributed by atoms with Crippen LogP contribution in [0.1, 0.15) is 39.0 Å². The number of aliphatic carboxylic acids is 2. The van der Waals surface area contributed by atoms with Gasteiger partial charge in [0, 0.05) is 13.0 Å². The highest BCUT2D eigenvalue weighted by atomic mass is 16.4. The molecule has 0 spiro atoms. The number of aliphatic hydroxyl groups excluding tert-OH is 1. The highest BCUT2D eigenvalue weighted by Gasteiger charge is 2.40. The van der Waals surface area contributed by atoms with Gasteiger partial charge in [0.25, 0.3) is 0 Å². The number of nitrogens with zero attached hydrogens (tertiary/aromatic N) is 1. The van der Waals surface area contributed by atoms with Crippen molar-refractivity contribution < 1.29 is 44.1 Å². The SMILES string of the molecule is CC(O)C(NC(=O)C(N)CC(N)=O)C(=O)N1CCCC1C(=O)NC(CCC(=O)O)C(=O)O. The second-order valence-electron chi connectivity index (χ2n) is 7.53. The van der Waals surface area contributed by atoms with Gasteiger partial charge in [-0.3, -0.25) is 24.0 Å². The van der Waals surface area contributed by atoms with E-state index < -0.39 is 78.7 Å². The largest absolute Gasteiger partial charge is 0.481 e. The smallest absolute Gasteiger partial charge is 0.326 e. The zero-order valence-corrected chi connectivity index (χ0v) is 17.5. The Morgan fingerprint density at radius 3 is 2.25 bits per heavy atom. The van der Waals surface area contributed by atoms with Crippen molar-refractivity contribution in [3.05, 3.63) is 0 Å². The van der Waals surface area contributed by atoms with E-state index in [2.05, 4.69) is 10.6 Å². The van der Waals surface area contributed by atoms with Gasteiger partial charge in [0.15, 0.2) is 0 Å². The Balaban J connectivity index is 2.91. The van der Waals surface area contributed by atoms with Crippen molar-refractivity contribution >= 4 is 35.6 Å². The summed E-state index contributed by atoms with van der Waals surface area (Å²) in [6.45, 7) is 1.34. The average Bonchev–Trinajstić information content (AvgIpc) is 3.17. The van der Waals surface area contributed by atoms with E-state index in [0.717, 1.165) is 4.90 Å². The monoisotopic (exact) mass is 459 g/mol. The van der Waals surface area contributed by atoms with Gasteiger partial charge in [0.2, 0.25) is 23.6 Å². The number of nitrogens with two attached hydrogens (primary N) is 2. The Morgan fingerprint density at radius 1 is 1.12 bits per heavy atom. The topological polar surface area (TPSA) is 242 Å². The minimum atomic E-state index is -1.47. The molecule has 14 nitrogen and oxygen atoms in total.